The number of hydrogen-bond donors (Lipinski definition) is 2. The molecule has 2 N–H and O–H groups in total. The first kappa shape index (κ1) is 17.4. The summed E-state index contributed by atoms with van der Waals surface area (Å²) in [6.45, 7) is 2.73. The number of anilines is 2. The molecule has 3 aliphatic heterocycles. The second kappa shape index (κ2) is 6.71. The van der Waals surface area contributed by atoms with Gasteiger partial charge in [-0.05, 0) is 35.3 Å². The number of carboxylic acid groups (broad SMARTS) is 1. The van der Waals surface area contributed by atoms with E-state index in [2.05, 4.69) is 20.5 Å². The van der Waals surface area contributed by atoms with E-state index in [9.17, 15) is 14.7 Å². The van der Waals surface area contributed by atoms with E-state index in [1.54, 1.807) is 6.07 Å². The summed E-state index contributed by atoms with van der Waals surface area (Å²) in [6, 6.07) is 3.61. The van der Waals surface area contributed by atoms with Crippen molar-refractivity contribution in [3.05, 3.63) is 12.1 Å². The fraction of sp³-hybridized carbons (Fsp3) is 0.556. The highest BCUT2D eigenvalue weighted by molar-refractivity contribution is 6.04. The Kier molecular flexibility index (Phi) is 4.17. The number of ether oxygens (including phenoxy) is 2. The molecule has 4 heterocycles. The number of amides is 1. The topological polar surface area (TPSA) is 127 Å². The molecule has 5 rings (SSSR count). The lowest BCUT2D eigenvalue weighted by Crippen LogP contribution is -2.41. The normalized spacial score (nSPS) is 29.4. The smallest absolute Gasteiger partial charge is 0.310 e. The molecule has 10 heteroatoms. The van der Waals surface area contributed by atoms with Gasteiger partial charge >= 0.3 is 5.97 Å². The average molecular weight is 388 g/mol. The van der Waals surface area contributed by atoms with Gasteiger partial charge in [-0.3, -0.25) is 9.59 Å². The van der Waals surface area contributed by atoms with Crippen LogP contribution in [0.1, 0.15) is 12.8 Å². The Bertz CT molecular complexity index is 924. The molecule has 0 saturated carbocycles. The Morgan fingerprint density at radius 2 is 1.79 bits per heavy atom. The average Bonchev–Trinajstić information content (AvgIpc) is 3.44. The summed E-state index contributed by atoms with van der Waals surface area (Å²) in [6.07, 6.45) is 0.626. The van der Waals surface area contributed by atoms with Crippen LogP contribution >= 0.6 is 0 Å². The quantitative estimate of drug-likeness (QED) is 0.784. The van der Waals surface area contributed by atoms with Crippen LogP contribution < -0.4 is 10.2 Å². The van der Waals surface area contributed by atoms with Gasteiger partial charge in [0.05, 0.1) is 48.6 Å². The van der Waals surface area contributed by atoms with E-state index >= 15 is 0 Å². The molecule has 10 nitrogen and oxygen atoms in total. The first-order chi connectivity index (χ1) is 13.6. The second-order valence-corrected chi connectivity index (χ2v) is 7.36. The SMILES string of the molecule is O=C(O)C1C2CCC(O2)C1C(=O)Nc1ccc(N2CCOCC2)c2nonc12. The van der Waals surface area contributed by atoms with Crippen LogP contribution in [0.4, 0.5) is 11.4 Å². The van der Waals surface area contributed by atoms with E-state index in [0.29, 0.717) is 42.8 Å². The van der Waals surface area contributed by atoms with Crippen molar-refractivity contribution in [2.75, 3.05) is 36.5 Å². The molecule has 148 valence electrons. The van der Waals surface area contributed by atoms with Gasteiger partial charge in [0.1, 0.15) is 0 Å². The fourth-order valence-corrected chi connectivity index (χ4v) is 4.55. The van der Waals surface area contributed by atoms with Crippen LogP contribution in [0.3, 0.4) is 0 Å². The molecule has 3 fully saturated rings. The summed E-state index contributed by atoms with van der Waals surface area (Å²) >= 11 is 0. The summed E-state index contributed by atoms with van der Waals surface area (Å²) in [4.78, 5) is 26.7. The molecule has 1 amide bonds. The van der Waals surface area contributed by atoms with Crippen molar-refractivity contribution in [1.82, 2.24) is 10.3 Å². The molecule has 0 radical (unpaired) electrons. The minimum absolute atomic E-state index is 0.357. The Hall–Kier alpha value is -2.72. The Morgan fingerprint density at radius 3 is 2.54 bits per heavy atom. The highest BCUT2D eigenvalue weighted by Gasteiger charge is 2.55. The molecular formula is C18H20N4O6. The van der Waals surface area contributed by atoms with Crippen molar-refractivity contribution in [2.45, 2.75) is 25.0 Å². The number of nitrogens with zero attached hydrogens (tertiary/aromatic N) is 3. The molecule has 0 spiro atoms. The minimum Gasteiger partial charge on any atom is -0.481 e. The zero-order chi connectivity index (χ0) is 19.3. The van der Waals surface area contributed by atoms with Crippen LogP contribution in [0.25, 0.3) is 11.0 Å². The zero-order valence-corrected chi connectivity index (χ0v) is 15.0. The predicted molar refractivity (Wildman–Crippen MR) is 96.0 cm³/mol. The van der Waals surface area contributed by atoms with Gasteiger partial charge < -0.3 is 24.8 Å². The van der Waals surface area contributed by atoms with Crippen molar-refractivity contribution < 1.29 is 28.8 Å². The molecule has 3 aliphatic rings. The molecule has 1 aromatic heterocycles. The van der Waals surface area contributed by atoms with Crippen molar-refractivity contribution in [1.29, 1.82) is 0 Å². The van der Waals surface area contributed by atoms with Crippen LogP contribution in [-0.4, -0.2) is 65.8 Å². The predicted octanol–water partition coefficient (Wildman–Crippen LogP) is 0.876. The zero-order valence-electron chi connectivity index (χ0n) is 15.0. The first-order valence-electron chi connectivity index (χ1n) is 9.40. The lowest BCUT2D eigenvalue weighted by Gasteiger charge is -2.29. The van der Waals surface area contributed by atoms with E-state index in [4.69, 9.17) is 14.1 Å². The largest absolute Gasteiger partial charge is 0.481 e. The van der Waals surface area contributed by atoms with Gasteiger partial charge in [0.15, 0.2) is 11.0 Å². The number of aromatic nitrogens is 2. The van der Waals surface area contributed by atoms with Crippen molar-refractivity contribution >= 4 is 34.3 Å². The van der Waals surface area contributed by atoms with E-state index < -0.39 is 23.9 Å². The number of benzene rings is 1. The first-order valence-corrected chi connectivity index (χ1v) is 9.40. The number of hydrogen-bond acceptors (Lipinski definition) is 8. The standard InChI is InChI=1S/C18H20N4O6/c23-17(13-11-3-4-12(27-11)14(13)18(24)25)19-9-1-2-10(16-15(9)20-28-21-16)22-5-7-26-8-6-22/h1-2,11-14H,3-8H2,(H,19,23)(H,24,25). The number of carbonyl (C=O) groups is 2. The fourth-order valence-electron chi connectivity index (χ4n) is 4.55. The summed E-state index contributed by atoms with van der Waals surface area (Å²) in [5, 5.41) is 20.3. The van der Waals surface area contributed by atoms with Crippen molar-refractivity contribution in [3.8, 4) is 0 Å². The molecule has 2 aromatic rings. The molecule has 2 bridgehead atoms. The van der Waals surface area contributed by atoms with Crippen molar-refractivity contribution in [2.24, 2.45) is 11.8 Å². The van der Waals surface area contributed by atoms with Gasteiger partial charge in [-0.15, -0.1) is 0 Å². The third-order valence-electron chi connectivity index (χ3n) is 5.86. The molecule has 28 heavy (non-hydrogen) atoms. The van der Waals surface area contributed by atoms with Gasteiger partial charge in [-0.1, -0.05) is 0 Å². The third-order valence-corrected chi connectivity index (χ3v) is 5.86. The molecular weight excluding hydrogens is 368 g/mol. The highest BCUT2D eigenvalue weighted by atomic mass is 16.6. The van der Waals surface area contributed by atoms with Gasteiger partial charge in [-0.25, -0.2) is 4.63 Å². The van der Waals surface area contributed by atoms with Gasteiger partial charge in [0.25, 0.3) is 0 Å². The Labute approximate surface area is 159 Å². The number of carbonyl (C=O) groups excluding carboxylic acids is 1. The molecule has 4 atom stereocenters. The van der Waals surface area contributed by atoms with Gasteiger partial charge in [0, 0.05) is 13.1 Å². The summed E-state index contributed by atoms with van der Waals surface area (Å²) in [7, 11) is 0. The second-order valence-electron chi connectivity index (χ2n) is 7.36. The maximum Gasteiger partial charge on any atom is 0.310 e. The molecule has 3 saturated heterocycles. The summed E-state index contributed by atoms with van der Waals surface area (Å²) < 4.78 is 16.0. The van der Waals surface area contributed by atoms with E-state index in [1.807, 2.05) is 6.07 Å². The Morgan fingerprint density at radius 1 is 1.07 bits per heavy atom. The number of morpholine rings is 1. The van der Waals surface area contributed by atoms with Crippen molar-refractivity contribution in [3.63, 3.8) is 0 Å². The lowest BCUT2D eigenvalue weighted by atomic mass is 9.78. The summed E-state index contributed by atoms with van der Waals surface area (Å²) in [5.41, 5.74) is 2.31. The number of nitrogens with one attached hydrogen (secondary N) is 1. The van der Waals surface area contributed by atoms with Crippen LogP contribution in [-0.2, 0) is 19.1 Å². The lowest BCUT2D eigenvalue weighted by molar-refractivity contribution is -0.147. The van der Waals surface area contributed by atoms with Crippen LogP contribution in [0.2, 0.25) is 0 Å². The number of aliphatic carboxylic acids is 1. The number of fused-ring (bicyclic) bond motifs is 3. The third kappa shape index (κ3) is 2.71. The van der Waals surface area contributed by atoms with Gasteiger partial charge in [-0.2, -0.15) is 0 Å². The Balaban J connectivity index is 1.42. The molecule has 4 unspecified atom stereocenters. The molecule has 1 aromatic carbocycles. The summed E-state index contributed by atoms with van der Waals surface area (Å²) in [5.74, 6) is -2.91. The van der Waals surface area contributed by atoms with E-state index in [-0.39, 0.29) is 12.0 Å². The maximum absolute atomic E-state index is 12.9. The van der Waals surface area contributed by atoms with Gasteiger partial charge in [0.2, 0.25) is 5.91 Å². The number of rotatable bonds is 4. The number of carboxylic acids is 1. The monoisotopic (exact) mass is 388 g/mol. The van der Waals surface area contributed by atoms with E-state index in [1.165, 1.54) is 0 Å². The molecule has 0 aliphatic carbocycles. The van der Waals surface area contributed by atoms with Crippen LogP contribution in [0.5, 0.6) is 0 Å². The van der Waals surface area contributed by atoms with Crippen LogP contribution in [0.15, 0.2) is 16.8 Å². The minimum atomic E-state index is -0.997. The van der Waals surface area contributed by atoms with E-state index in [0.717, 1.165) is 18.8 Å². The maximum atomic E-state index is 12.9. The highest BCUT2D eigenvalue weighted by Crippen LogP contribution is 2.44. The van der Waals surface area contributed by atoms with Crippen LogP contribution in [0, 0.1) is 11.8 Å².